The molecule has 2 aromatic rings. The van der Waals surface area contributed by atoms with E-state index < -0.39 is 10.0 Å². The van der Waals surface area contributed by atoms with Crippen LogP contribution in [-0.4, -0.2) is 20.4 Å². The molecule has 2 N–H and O–H groups in total. The van der Waals surface area contributed by atoms with E-state index >= 15 is 0 Å². The Hall–Kier alpha value is -1.60. The SMILES string of the molecule is O=C(CCc1ccc(S(=O)(=O)NC2CC2)cc1)Nc1ccc(Cl)c(Cl)c1. The first-order valence-electron chi connectivity index (χ1n) is 8.20. The van der Waals surface area contributed by atoms with E-state index in [-0.39, 0.29) is 23.3 Å². The van der Waals surface area contributed by atoms with Gasteiger partial charge in [0.25, 0.3) is 0 Å². The highest BCUT2D eigenvalue weighted by molar-refractivity contribution is 7.89. The molecule has 5 nitrogen and oxygen atoms in total. The standard InChI is InChI=1S/C18H18Cl2N2O3S/c19-16-9-6-14(11-17(16)20)21-18(23)10-3-12-1-7-15(8-2-12)26(24,25)22-13-4-5-13/h1-2,6-9,11,13,22H,3-5,10H2,(H,21,23). The summed E-state index contributed by atoms with van der Waals surface area (Å²) >= 11 is 11.8. The van der Waals surface area contributed by atoms with Gasteiger partial charge in [-0.15, -0.1) is 0 Å². The topological polar surface area (TPSA) is 75.3 Å². The van der Waals surface area contributed by atoms with Gasteiger partial charge in [-0.2, -0.15) is 0 Å². The molecule has 1 amide bonds. The predicted octanol–water partition coefficient (Wildman–Crippen LogP) is 4.01. The van der Waals surface area contributed by atoms with Crippen LogP contribution in [0.25, 0.3) is 0 Å². The summed E-state index contributed by atoms with van der Waals surface area (Å²) < 4.78 is 26.9. The van der Waals surface area contributed by atoms with Crippen LogP contribution in [0, 0.1) is 0 Å². The Morgan fingerprint density at radius 2 is 1.73 bits per heavy atom. The number of sulfonamides is 1. The zero-order valence-corrected chi connectivity index (χ0v) is 16.2. The average Bonchev–Trinajstić information content (AvgIpc) is 3.40. The van der Waals surface area contributed by atoms with E-state index in [9.17, 15) is 13.2 Å². The average molecular weight is 413 g/mol. The third-order valence-electron chi connectivity index (χ3n) is 3.98. The summed E-state index contributed by atoms with van der Waals surface area (Å²) in [4.78, 5) is 12.3. The monoisotopic (exact) mass is 412 g/mol. The van der Waals surface area contributed by atoms with Crippen molar-refractivity contribution in [1.82, 2.24) is 4.72 Å². The van der Waals surface area contributed by atoms with Crippen molar-refractivity contribution in [2.24, 2.45) is 0 Å². The molecule has 2 aromatic carbocycles. The van der Waals surface area contributed by atoms with Crippen molar-refractivity contribution < 1.29 is 13.2 Å². The molecule has 0 aliphatic heterocycles. The number of rotatable bonds is 7. The van der Waals surface area contributed by atoms with Crippen molar-refractivity contribution in [3.63, 3.8) is 0 Å². The highest BCUT2D eigenvalue weighted by Gasteiger charge is 2.27. The molecule has 1 fully saturated rings. The number of benzene rings is 2. The number of hydrogen-bond acceptors (Lipinski definition) is 3. The van der Waals surface area contributed by atoms with Crippen molar-refractivity contribution >= 4 is 44.8 Å². The molecule has 1 aliphatic rings. The van der Waals surface area contributed by atoms with Gasteiger partial charge in [-0.05, 0) is 55.2 Å². The summed E-state index contributed by atoms with van der Waals surface area (Å²) in [5, 5.41) is 3.56. The second-order valence-corrected chi connectivity index (χ2v) is 8.74. The molecule has 138 valence electrons. The fourth-order valence-electron chi connectivity index (χ4n) is 2.38. The third kappa shape index (κ3) is 5.20. The molecule has 3 rings (SSSR count). The maximum atomic E-state index is 12.1. The van der Waals surface area contributed by atoms with Crippen LogP contribution in [-0.2, 0) is 21.2 Å². The van der Waals surface area contributed by atoms with Crippen LogP contribution in [0.4, 0.5) is 5.69 Å². The highest BCUT2D eigenvalue weighted by Crippen LogP contribution is 2.25. The Morgan fingerprint density at radius 1 is 1.04 bits per heavy atom. The number of aryl methyl sites for hydroxylation is 1. The molecule has 0 heterocycles. The van der Waals surface area contributed by atoms with E-state index in [1.807, 2.05) is 0 Å². The summed E-state index contributed by atoms with van der Waals surface area (Å²) in [6.07, 6.45) is 2.56. The van der Waals surface area contributed by atoms with Crippen molar-refractivity contribution in [2.45, 2.75) is 36.6 Å². The third-order valence-corrected chi connectivity index (χ3v) is 6.25. The van der Waals surface area contributed by atoms with Gasteiger partial charge in [0.15, 0.2) is 0 Å². The molecule has 1 aliphatic carbocycles. The summed E-state index contributed by atoms with van der Waals surface area (Å²) in [7, 11) is -3.45. The number of carbonyl (C=O) groups is 1. The molecular weight excluding hydrogens is 395 g/mol. The Morgan fingerprint density at radius 3 is 2.35 bits per heavy atom. The number of nitrogens with one attached hydrogen (secondary N) is 2. The molecule has 8 heteroatoms. The van der Waals surface area contributed by atoms with Gasteiger partial charge in [-0.1, -0.05) is 35.3 Å². The van der Waals surface area contributed by atoms with Crippen LogP contribution < -0.4 is 10.0 Å². The molecule has 0 bridgehead atoms. The lowest BCUT2D eigenvalue weighted by molar-refractivity contribution is -0.116. The van der Waals surface area contributed by atoms with E-state index in [1.54, 1.807) is 42.5 Å². The lowest BCUT2D eigenvalue weighted by Gasteiger charge is -2.08. The smallest absolute Gasteiger partial charge is 0.240 e. The Balaban J connectivity index is 1.54. The van der Waals surface area contributed by atoms with Gasteiger partial charge in [-0.3, -0.25) is 4.79 Å². The predicted molar refractivity (Wildman–Crippen MR) is 103 cm³/mol. The van der Waals surface area contributed by atoms with Crippen LogP contribution >= 0.6 is 23.2 Å². The number of carbonyl (C=O) groups excluding carboxylic acids is 1. The Labute approximate surface area is 162 Å². The first-order chi connectivity index (χ1) is 12.3. The van der Waals surface area contributed by atoms with Crippen LogP contribution in [0.15, 0.2) is 47.4 Å². The van der Waals surface area contributed by atoms with Gasteiger partial charge in [0.05, 0.1) is 14.9 Å². The normalized spacial score (nSPS) is 14.2. The second kappa shape index (κ2) is 7.96. The van der Waals surface area contributed by atoms with Gasteiger partial charge in [0.1, 0.15) is 0 Å². The van der Waals surface area contributed by atoms with Crippen molar-refractivity contribution in [1.29, 1.82) is 0 Å². The number of amides is 1. The van der Waals surface area contributed by atoms with Gasteiger partial charge >= 0.3 is 0 Å². The van der Waals surface area contributed by atoms with E-state index in [1.165, 1.54) is 0 Å². The maximum Gasteiger partial charge on any atom is 0.240 e. The molecule has 0 saturated heterocycles. The molecule has 0 aromatic heterocycles. The highest BCUT2D eigenvalue weighted by atomic mass is 35.5. The molecule has 0 atom stereocenters. The molecular formula is C18H18Cl2N2O3S. The van der Waals surface area contributed by atoms with E-state index in [2.05, 4.69) is 10.0 Å². The molecule has 0 spiro atoms. The fraction of sp³-hybridized carbons (Fsp3) is 0.278. The minimum absolute atomic E-state index is 0.0738. The zero-order chi connectivity index (χ0) is 18.7. The van der Waals surface area contributed by atoms with Gasteiger partial charge in [-0.25, -0.2) is 13.1 Å². The lowest BCUT2D eigenvalue weighted by atomic mass is 10.1. The van der Waals surface area contributed by atoms with E-state index in [0.717, 1.165) is 18.4 Å². The summed E-state index contributed by atoms with van der Waals surface area (Å²) in [6.45, 7) is 0. The number of anilines is 1. The van der Waals surface area contributed by atoms with Gasteiger partial charge in [0, 0.05) is 18.2 Å². The lowest BCUT2D eigenvalue weighted by Crippen LogP contribution is -2.25. The fourth-order valence-corrected chi connectivity index (χ4v) is 3.98. The van der Waals surface area contributed by atoms with Crippen LogP contribution in [0.3, 0.4) is 0 Å². The van der Waals surface area contributed by atoms with Crippen molar-refractivity contribution in [3.8, 4) is 0 Å². The molecule has 0 radical (unpaired) electrons. The first kappa shape index (κ1) is 19.2. The van der Waals surface area contributed by atoms with Gasteiger partial charge < -0.3 is 5.32 Å². The van der Waals surface area contributed by atoms with E-state index in [0.29, 0.717) is 22.2 Å². The largest absolute Gasteiger partial charge is 0.326 e. The van der Waals surface area contributed by atoms with Gasteiger partial charge in [0.2, 0.25) is 15.9 Å². The van der Waals surface area contributed by atoms with Crippen LogP contribution in [0.1, 0.15) is 24.8 Å². The Bertz CT molecular complexity index is 911. The zero-order valence-electron chi connectivity index (χ0n) is 13.8. The summed E-state index contributed by atoms with van der Waals surface area (Å²) in [5.74, 6) is -0.157. The first-order valence-corrected chi connectivity index (χ1v) is 10.4. The minimum atomic E-state index is -3.45. The number of halogens is 2. The minimum Gasteiger partial charge on any atom is -0.326 e. The quantitative estimate of drug-likeness (QED) is 0.721. The van der Waals surface area contributed by atoms with E-state index in [4.69, 9.17) is 23.2 Å². The summed E-state index contributed by atoms with van der Waals surface area (Å²) in [6, 6.07) is 11.6. The van der Waals surface area contributed by atoms with Crippen molar-refractivity contribution in [3.05, 3.63) is 58.1 Å². The van der Waals surface area contributed by atoms with Crippen LogP contribution in [0.5, 0.6) is 0 Å². The van der Waals surface area contributed by atoms with Crippen molar-refractivity contribution in [2.75, 3.05) is 5.32 Å². The molecule has 0 unspecified atom stereocenters. The maximum absolute atomic E-state index is 12.1. The molecule has 26 heavy (non-hydrogen) atoms. The molecule has 1 saturated carbocycles. The second-order valence-electron chi connectivity index (χ2n) is 6.22. The Kier molecular flexibility index (Phi) is 5.87. The number of hydrogen-bond donors (Lipinski definition) is 2. The summed E-state index contributed by atoms with van der Waals surface area (Å²) in [5.41, 5.74) is 1.47. The van der Waals surface area contributed by atoms with Crippen LogP contribution in [0.2, 0.25) is 10.0 Å².